The minimum Gasteiger partial charge on any atom is -0.463 e. The van der Waals surface area contributed by atoms with Gasteiger partial charge in [0, 0.05) is 27.2 Å². The van der Waals surface area contributed by atoms with Crippen molar-refractivity contribution in [1.29, 1.82) is 0 Å². The van der Waals surface area contributed by atoms with Crippen LogP contribution in [0.4, 0.5) is 0 Å². The van der Waals surface area contributed by atoms with Gasteiger partial charge in [-0.15, -0.1) is 0 Å². The molecule has 1 amide bonds. The van der Waals surface area contributed by atoms with E-state index in [4.69, 9.17) is 14.2 Å². The van der Waals surface area contributed by atoms with Crippen LogP contribution in [-0.2, 0) is 28.6 Å². The van der Waals surface area contributed by atoms with Crippen molar-refractivity contribution in [2.24, 2.45) is 0 Å². The average Bonchev–Trinajstić information content (AvgIpc) is 2.26. The molecular formula is C12H19NO6. The van der Waals surface area contributed by atoms with Gasteiger partial charge in [-0.2, -0.15) is 0 Å². The predicted octanol–water partition coefficient (Wildman–Crippen LogP) is -0.225. The van der Waals surface area contributed by atoms with E-state index in [1.54, 1.807) is 0 Å². The van der Waals surface area contributed by atoms with Gasteiger partial charge in [0.2, 0.25) is 5.91 Å². The van der Waals surface area contributed by atoms with Gasteiger partial charge < -0.3 is 19.5 Å². The molecule has 0 aliphatic carbocycles. The van der Waals surface area contributed by atoms with Crippen molar-refractivity contribution in [3.63, 3.8) is 0 Å². The molecule has 0 spiro atoms. The predicted molar refractivity (Wildman–Crippen MR) is 64.1 cm³/mol. The first-order valence-corrected chi connectivity index (χ1v) is 6.07. The molecule has 0 unspecified atom stereocenters. The lowest BCUT2D eigenvalue weighted by Crippen LogP contribution is -2.51. The van der Waals surface area contributed by atoms with Crippen LogP contribution in [0, 0.1) is 0 Å². The lowest BCUT2D eigenvalue weighted by atomic mass is 10.0. The molecule has 1 aliphatic rings. The van der Waals surface area contributed by atoms with Crippen LogP contribution in [0.3, 0.4) is 0 Å². The fraction of sp³-hybridized carbons (Fsp3) is 0.750. The minimum atomic E-state index is -0.539. The number of ether oxygens (including phenoxy) is 3. The highest BCUT2D eigenvalue weighted by Crippen LogP contribution is 2.19. The van der Waals surface area contributed by atoms with Crippen LogP contribution in [-0.4, -0.2) is 49.3 Å². The molecule has 1 fully saturated rings. The second kappa shape index (κ2) is 7.08. The summed E-state index contributed by atoms with van der Waals surface area (Å²) in [5.74, 6) is -1.03. The molecule has 0 saturated carbocycles. The molecule has 7 heteroatoms. The summed E-state index contributed by atoms with van der Waals surface area (Å²) < 4.78 is 15.5. The highest BCUT2D eigenvalue weighted by atomic mass is 16.6. The lowest BCUT2D eigenvalue weighted by molar-refractivity contribution is -0.172. The summed E-state index contributed by atoms with van der Waals surface area (Å²) in [6.07, 6.45) is -0.606. The number of carbonyl (C=O) groups is 3. The van der Waals surface area contributed by atoms with E-state index >= 15 is 0 Å². The van der Waals surface area contributed by atoms with Gasteiger partial charge in [-0.05, 0) is 0 Å². The molecule has 1 aliphatic heterocycles. The monoisotopic (exact) mass is 273 g/mol. The molecule has 108 valence electrons. The Bertz CT molecular complexity index is 356. The van der Waals surface area contributed by atoms with E-state index in [1.807, 2.05) is 0 Å². The fourth-order valence-electron chi connectivity index (χ4n) is 1.93. The molecule has 0 radical (unpaired) electrons. The Labute approximate surface area is 111 Å². The van der Waals surface area contributed by atoms with Crippen molar-refractivity contribution in [3.8, 4) is 0 Å². The van der Waals surface area contributed by atoms with Crippen molar-refractivity contribution in [2.45, 2.75) is 45.4 Å². The van der Waals surface area contributed by atoms with E-state index < -0.39 is 24.1 Å². The number of rotatable bonds is 4. The Hall–Kier alpha value is -1.63. The van der Waals surface area contributed by atoms with Crippen LogP contribution in [0.5, 0.6) is 0 Å². The molecular weight excluding hydrogens is 254 g/mol. The van der Waals surface area contributed by atoms with Gasteiger partial charge in [0.15, 0.2) is 0 Å². The van der Waals surface area contributed by atoms with E-state index in [0.717, 1.165) is 0 Å². The Morgan fingerprint density at radius 3 is 2.42 bits per heavy atom. The van der Waals surface area contributed by atoms with Gasteiger partial charge in [0.1, 0.15) is 18.8 Å². The van der Waals surface area contributed by atoms with E-state index in [2.05, 4.69) is 5.32 Å². The standard InChI is InChI=1S/C12H19NO6/c1-7(14)13-10-4-11(19-9(3)16)12(18-5-10)6-17-8(2)15/h10-12H,4-6H2,1-3H3,(H,13,14)/t10-,11+,12-/m1/s1. The van der Waals surface area contributed by atoms with Gasteiger partial charge in [-0.1, -0.05) is 0 Å². The zero-order valence-electron chi connectivity index (χ0n) is 11.3. The van der Waals surface area contributed by atoms with Crippen LogP contribution in [0.2, 0.25) is 0 Å². The third-order valence-electron chi connectivity index (χ3n) is 2.62. The van der Waals surface area contributed by atoms with Gasteiger partial charge in [-0.3, -0.25) is 14.4 Å². The number of nitrogens with one attached hydrogen (secondary N) is 1. The van der Waals surface area contributed by atoms with E-state index in [9.17, 15) is 14.4 Å². The molecule has 19 heavy (non-hydrogen) atoms. The van der Waals surface area contributed by atoms with Crippen molar-refractivity contribution in [1.82, 2.24) is 5.32 Å². The zero-order valence-corrected chi connectivity index (χ0v) is 11.3. The largest absolute Gasteiger partial charge is 0.463 e. The number of amides is 1. The molecule has 3 atom stereocenters. The number of carbonyl (C=O) groups excluding carboxylic acids is 3. The van der Waals surface area contributed by atoms with Crippen LogP contribution < -0.4 is 5.32 Å². The zero-order chi connectivity index (χ0) is 14.4. The molecule has 1 heterocycles. The third-order valence-corrected chi connectivity index (χ3v) is 2.62. The van der Waals surface area contributed by atoms with E-state index in [1.165, 1.54) is 20.8 Å². The first-order valence-electron chi connectivity index (χ1n) is 6.07. The Morgan fingerprint density at radius 1 is 1.21 bits per heavy atom. The number of hydrogen-bond acceptors (Lipinski definition) is 6. The molecule has 7 nitrogen and oxygen atoms in total. The third kappa shape index (κ3) is 5.69. The molecule has 0 aromatic rings. The van der Waals surface area contributed by atoms with Crippen molar-refractivity contribution in [3.05, 3.63) is 0 Å². The topological polar surface area (TPSA) is 90.9 Å². The molecule has 0 bridgehead atoms. The lowest BCUT2D eigenvalue weighted by Gasteiger charge is -2.35. The number of hydrogen-bond donors (Lipinski definition) is 1. The highest BCUT2D eigenvalue weighted by molar-refractivity contribution is 5.73. The molecule has 0 aromatic heterocycles. The van der Waals surface area contributed by atoms with Gasteiger partial charge in [0.05, 0.1) is 12.6 Å². The van der Waals surface area contributed by atoms with Crippen molar-refractivity contribution < 1.29 is 28.6 Å². The fourth-order valence-corrected chi connectivity index (χ4v) is 1.93. The molecule has 1 saturated heterocycles. The van der Waals surface area contributed by atoms with E-state index in [-0.39, 0.29) is 18.6 Å². The Morgan fingerprint density at radius 2 is 1.89 bits per heavy atom. The van der Waals surface area contributed by atoms with Gasteiger partial charge in [-0.25, -0.2) is 0 Å². The second-order valence-electron chi connectivity index (χ2n) is 4.46. The second-order valence-corrected chi connectivity index (χ2v) is 4.46. The highest BCUT2D eigenvalue weighted by Gasteiger charge is 2.34. The van der Waals surface area contributed by atoms with Crippen LogP contribution in [0.15, 0.2) is 0 Å². The maximum Gasteiger partial charge on any atom is 0.302 e. The first-order chi connectivity index (χ1) is 8.88. The summed E-state index contributed by atoms with van der Waals surface area (Å²) >= 11 is 0. The SMILES string of the molecule is CC(=O)N[C@H]1CO[C@H](COC(C)=O)[C@@H](OC(C)=O)C1. The van der Waals surface area contributed by atoms with Crippen LogP contribution >= 0.6 is 0 Å². The average molecular weight is 273 g/mol. The quantitative estimate of drug-likeness (QED) is 0.712. The summed E-state index contributed by atoms with van der Waals surface area (Å²) in [5.41, 5.74) is 0. The normalized spacial score (nSPS) is 26.4. The summed E-state index contributed by atoms with van der Waals surface area (Å²) in [6, 6.07) is -0.213. The summed E-state index contributed by atoms with van der Waals surface area (Å²) in [5, 5.41) is 2.71. The number of esters is 2. The summed E-state index contributed by atoms with van der Waals surface area (Å²) in [7, 11) is 0. The smallest absolute Gasteiger partial charge is 0.302 e. The van der Waals surface area contributed by atoms with Crippen LogP contribution in [0.25, 0.3) is 0 Å². The van der Waals surface area contributed by atoms with Gasteiger partial charge in [0.25, 0.3) is 0 Å². The Kier molecular flexibility index (Phi) is 5.75. The Balaban J connectivity index is 2.58. The maximum absolute atomic E-state index is 11.1. The summed E-state index contributed by atoms with van der Waals surface area (Å²) in [6.45, 7) is 4.32. The molecule has 0 aromatic carbocycles. The van der Waals surface area contributed by atoms with Gasteiger partial charge >= 0.3 is 11.9 Å². The van der Waals surface area contributed by atoms with E-state index in [0.29, 0.717) is 13.0 Å². The maximum atomic E-state index is 11.1. The van der Waals surface area contributed by atoms with Crippen LogP contribution in [0.1, 0.15) is 27.2 Å². The summed E-state index contributed by atoms with van der Waals surface area (Å²) in [4.78, 5) is 32.8. The first kappa shape index (κ1) is 15.4. The van der Waals surface area contributed by atoms with Crippen molar-refractivity contribution >= 4 is 17.8 Å². The molecule has 1 rings (SSSR count). The van der Waals surface area contributed by atoms with Crippen molar-refractivity contribution in [2.75, 3.05) is 13.2 Å². The molecule has 1 N–H and O–H groups in total. The minimum absolute atomic E-state index is 0.0278.